The molecule has 1 unspecified atom stereocenters. The van der Waals surface area contributed by atoms with Gasteiger partial charge in [-0.15, -0.1) is 0 Å². The first-order chi connectivity index (χ1) is 11.4. The maximum Gasteiger partial charge on any atom is 0.239 e. The maximum absolute atomic E-state index is 14.7. The number of oxime groups is 1. The molecule has 0 saturated carbocycles. The van der Waals surface area contributed by atoms with Crippen LogP contribution in [0.4, 0.5) is 4.39 Å². The molecular weight excluding hydrogens is 311 g/mol. The zero-order valence-electron chi connectivity index (χ0n) is 14.0. The van der Waals surface area contributed by atoms with Crippen LogP contribution in [0.2, 0.25) is 0 Å². The molecule has 0 fully saturated rings. The van der Waals surface area contributed by atoms with Crippen LogP contribution < -0.4 is 4.74 Å². The number of hydrogen-bond acceptors (Lipinski definition) is 5. The Morgan fingerprint density at radius 2 is 2.08 bits per heavy atom. The van der Waals surface area contributed by atoms with E-state index in [9.17, 15) is 4.39 Å². The molecule has 24 heavy (non-hydrogen) atoms. The first-order valence-electron chi connectivity index (χ1n) is 7.49. The van der Waals surface area contributed by atoms with Gasteiger partial charge in [0.25, 0.3) is 0 Å². The van der Waals surface area contributed by atoms with Crippen molar-refractivity contribution in [1.82, 2.24) is 14.8 Å². The lowest BCUT2D eigenvalue weighted by molar-refractivity contribution is 0.131. The lowest BCUT2D eigenvalue weighted by atomic mass is 10.1. The molecule has 1 heterocycles. The molecule has 0 N–H and O–H groups in total. The van der Waals surface area contributed by atoms with E-state index >= 15 is 0 Å². The van der Waals surface area contributed by atoms with Crippen LogP contribution in [0.3, 0.4) is 0 Å². The van der Waals surface area contributed by atoms with Gasteiger partial charge in [-0.2, -0.15) is 5.10 Å². The second kappa shape index (κ2) is 7.72. The van der Waals surface area contributed by atoms with Crippen LogP contribution in [0.1, 0.15) is 32.6 Å². The number of aromatic nitrogens is 3. The molecule has 0 amide bonds. The predicted molar refractivity (Wildman–Crippen MR) is 89.7 cm³/mol. The van der Waals surface area contributed by atoms with E-state index in [4.69, 9.17) is 9.57 Å². The SMILES string of the molecule is C=CCON=C(c1ccc(OC(C)(C)C)cc1)C(F)n1cncn1. The number of nitrogens with zero attached hydrogens (tertiary/aromatic N) is 4. The summed E-state index contributed by atoms with van der Waals surface area (Å²) >= 11 is 0. The fourth-order valence-corrected chi connectivity index (χ4v) is 1.90. The second-order valence-corrected chi connectivity index (χ2v) is 6.01. The van der Waals surface area contributed by atoms with Crippen LogP contribution in [0.25, 0.3) is 0 Å². The van der Waals surface area contributed by atoms with Gasteiger partial charge in [-0.05, 0) is 45.0 Å². The fraction of sp³-hybridized carbons (Fsp3) is 0.353. The van der Waals surface area contributed by atoms with Crippen molar-refractivity contribution in [3.8, 4) is 5.75 Å². The molecule has 1 atom stereocenters. The summed E-state index contributed by atoms with van der Waals surface area (Å²) in [7, 11) is 0. The third-order valence-corrected chi connectivity index (χ3v) is 2.82. The number of halogens is 1. The molecule has 1 aromatic carbocycles. The molecule has 0 radical (unpaired) electrons. The average molecular weight is 332 g/mol. The Hall–Kier alpha value is -2.70. The van der Waals surface area contributed by atoms with E-state index in [1.54, 1.807) is 24.3 Å². The third kappa shape index (κ3) is 4.91. The molecule has 6 nitrogen and oxygen atoms in total. The first kappa shape index (κ1) is 17.7. The molecule has 0 spiro atoms. The molecule has 0 aliphatic heterocycles. The topological polar surface area (TPSA) is 61.5 Å². The van der Waals surface area contributed by atoms with Gasteiger partial charge in [-0.1, -0.05) is 17.8 Å². The molecule has 0 aliphatic rings. The van der Waals surface area contributed by atoms with E-state index in [1.165, 1.54) is 18.7 Å². The van der Waals surface area contributed by atoms with Crippen molar-refractivity contribution in [3.63, 3.8) is 0 Å². The number of alkyl halides is 1. The van der Waals surface area contributed by atoms with Crippen LogP contribution in [0.15, 0.2) is 54.7 Å². The minimum Gasteiger partial charge on any atom is -0.488 e. The van der Waals surface area contributed by atoms with Crippen molar-refractivity contribution in [3.05, 3.63) is 55.1 Å². The van der Waals surface area contributed by atoms with E-state index in [0.717, 1.165) is 4.68 Å². The van der Waals surface area contributed by atoms with Gasteiger partial charge in [-0.3, -0.25) is 0 Å². The summed E-state index contributed by atoms with van der Waals surface area (Å²) in [5, 5.41) is 7.69. The van der Waals surface area contributed by atoms with Crippen molar-refractivity contribution in [2.45, 2.75) is 32.7 Å². The van der Waals surface area contributed by atoms with E-state index in [0.29, 0.717) is 11.3 Å². The van der Waals surface area contributed by atoms with Crippen LogP contribution in [0, 0.1) is 0 Å². The lowest BCUT2D eigenvalue weighted by Gasteiger charge is -2.21. The van der Waals surface area contributed by atoms with E-state index < -0.39 is 6.30 Å². The van der Waals surface area contributed by atoms with Crippen LogP contribution in [-0.2, 0) is 4.84 Å². The number of rotatable bonds is 7. The second-order valence-electron chi connectivity index (χ2n) is 6.01. The monoisotopic (exact) mass is 332 g/mol. The smallest absolute Gasteiger partial charge is 0.239 e. The quantitative estimate of drug-likeness (QED) is 0.337. The Bertz CT molecular complexity index is 676. The van der Waals surface area contributed by atoms with Crippen LogP contribution in [-0.4, -0.2) is 32.7 Å². The maximum atomic E-state index is 14.7. The molecule has 7 heteroatoms. The highest BCUT2D eigenvalue weighted by Gasteiger charge is 2.21. The van der Waals surface area contributed by atoms with E-state index in [2.05, 4.69) is 21.8 Å². The Morgan fingerprint density at radius 3 is 2.62 bits per heavy atom. The molecule has 128 valence electrons. The van der Waals surface area contributed by atoms with Gasteiger partial charge in [0, 0.05) is 5.56 Å². The standard InChI is InChI=1S/C17H21FN4O2/c1-5-10-23-21-15(16(18)22-12-19-11-20-22)13-6-8-14(9-7-13)24-17(2,3)4/h5-9,11-12,16H,1,10H2,2-4H3. The van der Waals surface area contributed by atoms with E-state index in [-0.39, 0.29) is 17.9 Å². The molecule has 2 aromatic rings. The van der Waals surface area contributed by atoms with Gasteiger partial charge >= 0.3 is 0 Å². The number of benzene rings is 1. The van der Waals surface area contributed by atoms with Gasteiger partial charge in [0.2, 0.25) is 6.30 Å². The van der Waals surface area contributed by atoms with Crippen LogP contribution in [0.5, 0.6) is 5.75 Å². The molecule has 0 aliphatic carbocycles. The summed E-state index contributed by atoms with van der Waals surface area (Å²) in [6.45, 7) is 9.59. The molecule has 0 saturated heterocycles. The Labute approximate surface area is 140 Å². The first-order valence-corrected chi connectivity index (χ1v) is 7.49. The highest BCUT2D eigenvalue weighted by Crippen LogP contribution is 2.22. The van der Waals surface area contributed by atoms with Gasteiger partial charge in [-0.25, -0.2) is 14.1 Å². The van der Waals surface area contributed by atoms with Crippen molar-refractivity contribution in [2.75, 3.05) is 6.61 Å². The summed E-state index contributed by atoms with van der Waals surface area (Å²) in [5.41, 5.74) is 0.336. The summed E-state index contributed by atoms with van der Waals surface area (Å²) in [4.78, 5) is 8.82. The van der Waals surface area contributed by atoms with Crippen molar-refractivity contribution in [2.24, 2.45) is 5.16 Å². The van der Waals surface area contributed by atoms with Gasteiger partial charge in [0.1, 0.15) is 36.3 Å². The zero-order chi connectivity index (χ0) is 17.6. The minimum absolute atomic E-state index is 0.0876. The normalized spacial score (nSPS) is 13.4. The summed E-state index contributed by atoms with van der Waals surface area (Å²) in [5.74, 6) is 0.689. The Kier molecular flexibility index (Phi) is 5.68. The fourth-order valence-electron chi connectivity index (χ4n) is 1.90. The van der Waals surface area contributed by atoms with Gasteiger partial charge in [0.05, 0.1) is 0 Å². The van der Waals surface area contributed by atoms with Crippen molar-refractivity contribution < 1.29 is 14.0 Å². The van der Waals surface area contributed by atoms with Gasteiger partial charge < -0.3 is 9.57 Å². The van der Waals surface area contributed by atoms with Crippen molar-refractivity contribution in [1.29, 1.82) is 0 Å². The van der Waals surface area contributed by atoms with Crippen molar-refractivity contribution >= 4 is 5.71 Å². The summed E-state index contributed by atoms with van der Waals surface area (Å²) in [6, 6.07) is 6.97. The third-order valence-electron chi connectivity index (χ3n) is 2.82. The highest BCUT2D eigenvalue weighted by atomic mass is 19.1. The zero-order valence-corrected chi connectivity index (χ0v) is 14.0. The molecular formula is C17H21FN4O2. The summed E-state index contributed by atoms with van der Waals surface area (Å²) in [6.07, 6.45) is 2.45. The molecule has 2 rings (SSSR count). The molecule has 0 bridgehead atoms. The minimum atomic E-state index is -1.62. The lowest BCUT2D eigenvalue weighted by Crippen LogP contribution is -2.23. The predicted octanol–water partition coefficient (Wildman–Crippen LogP) is 3.53. The Morgan fingerprint density at radius 1 is 1.38 bits per heavy atom. The molecule has 1 aromatic heterocycles. The van der Waals surface area contributed by atoms with E-state index in [1.807, 2.05) is 20.8 Å². The highest BCUT2D eigenvalue weighted by molar-refractivity contribution is 6.02. The van der Waals surface area contributed by atoms with Crippen LogP contribution >= 0.6 is 0 Å². The van der Waals surface area contributed by atoms with Gasteiger partial charge in [0.15, 0.2) is 0 Å². The Balaban J connectivity index is 2.26. The number of ether oxygens (including phenoxy) is 1. The summed E-state index contributed by atoms with van der Waals surface area (Å²) < 4.78 is 21.5. The number of hydrogen-bond donors (Lipinski definition) is 0. The average Bonchev–Trinajstić information content (AvgIpc) is 3.05. The largest absolute Gasteiger partial charge is 0.488 e.